The molecule has 3 rings (SSSR count). The van der Waals surface area contributed by atoms with E-state index in [1.807, 2.05) is 0 Å². The van der Waals surface area contributed by atoms with Crippen LogP contribution in [0.3, 0.4) is 0 Å². The van der Waals surface area contributed by atoms with Crippen molar-refractivity contribution < 1.29 is 0 Å². The molecule has 1 aliphatic carbocycles. The highest BCUT2D eigenvalue weighted by Crippen LogP contribution is 2.43. The number of hydrogen-bond acceptors (Lipinski definition) is 2. The molecule has 78 valence electrons. The molecular weight excluding hydrogens is 184 g/mol. The molecule has 2 heteroatoms. The lowest BCUT2D eigenvalue weighted by Gasteiger charge is -2.27. The number of anilines is 2. The number of hydrogen-bond donors (Lipinski definition) is 0. The van der Waals surface area contributed by atoms with E-state index >= 15 is 0 Å². The van der Waals surface area contributed by atoms with Gasteiger partial charge in [-0.25, -0.2) is 0 Å². The van der Waals surface area contributed by atoms with E-state index in [9.17, 15) is 0 Å². The fourth-order valence-corrected chi connectivity index (χ4v) is 2.54. The summed E-state index contributed by atoms with van der Waals surface area (Å²) < 4.78 is 0. The molecule has 0 saturated heterocycles. The van der Waals surface area contributed by atoms with Gasteiger partial charge in [0, 0.05) is 14.1 Å². The second kappa shape index (κ2) is 3.02. The van der Waals surface area contributed by atoms with Gasteiger partial charge < -0.3 is 9.80 Å². The molecule has 0 unspecified atom stereocenters. The summed E-state index contributed by atoms with van der Waals surface area (Å²) in [4.78, 5) is 4.65. The first kappa shape index (κ1) is 8.84. The molecule has 1 saturated carbocycles. The molecule has 1 aliphatic heterocycles. The summed E-state index contributed by atoms with van der Waals surface area (Å²) in [5.41, 5.74) is 4.26. The minimum Gasteiger partial charge on any atom is -0.329 e. The Balaban J connectivity index is 2.12. The fourth-order valence-electron chi connectivity index (χ4n) is 2.54. The van der Waals surface area contributed by atoms with Gasteiger partial charge in [-0.05, 0) is 37.0 Å². The number of allylic oxidation sites excluding steroid dienone is 1. The highest BCUT2D eigenvalue weighted by molar-refractivity contribution is 5.82. The van der Waals surface area contributed by atoms with Crippen LogP contribution in [0.5, 0.6) is 0 Å². The Morgan fingerprint density at radius 2 is 1.47 bits per heavy atom. The van der Waals surface area contributed by atoms with Crippen LogP contribution in [0.4, 0.5) is 11.4 Å². The van der Waals surface area contributed by atoms with Crippen LogP contribution in [0.15, 0.2) is 35.7 Å². The normalized spacial score (nSPS) is 19.3. The Morgan fingerprint density at radius 3 is 1.87 bits per heavy atom. The summed E-state index contributed by atoms with van der Waals surface area (Å²) in [7, 11) is 4.34. The van der Waals surface area contributed by atoms with Gasteiger partial charge in [0.1, 0.15) is 5.82 Å². The minimum absolute atomic E-state index is 1.28. The zero-order chi connectivity index (χ0) is 10.4. The van der Waals surface area contributed by atoms with Crippen LogP contribution in [-0.2, 0) is 0 Å². The van der Waals surface area contributed by atoms with Crippen LogP contribution >= 0.6 is 0 Å². The SMILES string of the molecule is CN1C(=C2CCC2)N(C)c2ccccc21. The van der Waals surface area contributed by atoms with Crippen LogP contribution < -0.4 is 9.80 Å². The van der Waals surface area contributed by atoms with E-state index in [0.29, 0.717) is 0 Å². The van der Waals surface area contributed by atoms with Gasteiger partial charge in [0.05, 0.1) is 11.4 Å². The van der Waals surface area contributed by atoms with Crippen molar-refractivity contribution in [3.63, 3.8) is 0 Å². The molecule has 0 atom stereocenters. The summed E-state index contributed by atoms with van der Waals surface area (Å²) in [5, 5.41) is 0. The van der Waals surface area contributed by atoms with Crippen molar-refractivity contribution in [3.8, 4) is 0 Å². The van der Waals surface area contributed by atoms with Crippen molar-refractivity contribution >= 4 is 11.4 Å². The van der Waals surface area contributed by atoms with Crippen molar-refractivity contribution in [2.24, 2.45) is 0 Å². The lowest BCUT2D eigenvalue weighted by molar-refractivity contribution is 0.642. The zero-order valence-corrected chi connectivity index (χ0v) is 9.33. The van der Waals surface area contributed by atoms with Gasteiger partial charge in [-0.2, -0.15) is 0 Å². The second-order valence-electron chi connectivity index (χ2n) is 4.39. The predicted molar refractivity (Wildman–Crippen MR) is 64.1 cm³/mol. The van der Waals surface area contributed by atoms with Gasteiger partial charge in [0.2, 0.25) is 0 Å². The molecule has 0 spiro atoms. The van der Waals surface area contributed by atoms with Gasteiger partial charge in [0.25, 0.3) is 0 Å². The summed E-state index contributed by atoms with van der Waals surface area (Å²) in [6.07, 6.45) is 3.91. The Kier molecular flexibility index (Phi) is 1.78. The average Bonchev–Trinajstić information content (AvgIpc) is 2.42. The third-order valence-electron chi connectivity index (χ3n) is 3.51. The average molecular weight is 200 g/mol. The van der Waals surface area contributed by atoms with E-state index in [0.717, 1.165) is 0 Å². The highest BCUT2D eigenvalue weighted by atomic mass is 15.4. The number of fused-ring (bicyclic) bond motifs is 1. The Labute approximate surface area is 90.8 Å². The van der Waals surface area contributed by atoms with E-state index in [1.54, 1.807) is 5.57 Å². The largest absolute Gasteiger partial charge is 0.329 e. The summed E-state index contributed by atoms with van der Waals surface area (Å²) in [5.74, 6) is 1.41. The zero-order valence-electron chi connectivity index (χ0n) is 9.33. The van der Waals surface area contributed by atoms with Crippen LogP contribution in [0.2, 0.25) is 0 Å². The molecule has 1 heterocycles. The van der Waals surface area contributed by atoms with E-state index in [1.165, 1.54) is 36.5 Å². The van der Waals surface area contributed by atoms with E-state index in [4.69, 9.17) is 0 Å². The van der Waals surface area contributed by atoms with E-state index in [2.05, 4.69) is 48.2 Å². The van der Waals surface area contributed by atoms with Crippen molar-refractivity contribution in [2.45, 2.75) is 19.3 Å². The summed E-state index contributed by atoms with van der Waals surface area (Å²) >= 11 is 0. The van der Waals surface area contributed by atoms with Crippen molar-refractivity contribution in [2.75, 3.05) is 23.9 Å². The molecule has 1 aromatic rings. The Bertz CT molecular complexity index is 397. The third kappa shape index (κ3) is 1.11. The minimum atomic E-state index is 1.28. The molecular formula is C13H16N2. The lowest BCUT2D eigenvalue weighted by atomic mass is 9.92. The van der Waals surface area contributed by atoms with Gasteiger partial charge in [-0.15, -0.1) is 0 Å². The first-order valence-electron chi connectivity index (χ1n) is 5.57. The molecule has 0 amide bonds. The molecule has 2 nitrogen and oxygen atoms in total. The van der Waals surface area contributed by atoms with Crippen molar-refractivity contribution in [1.82, 2.24) is 0 Å². The third-order valence-corrected chi connectivity index (χ3v) is 3.51. The lowest BCUT2D eigenvalue weighted by Crippen LogP contribution is -2.26. The maximum absolute atomic E-state index is 2.32. The summed E-state index contributed by atoms with van der Waals surface area (Å²) in [6.45, 7) is 0. The Hall–Kier alpha value is -1.44. The second-order valence-corrected chi connectivity index (χ2v) is 4.39. The smallest absolute Gasteiger partial charge is 0.112 e. The highest BCUT2D eigenvalue weighted by Gasteiger charge is 2.29. The first-order chi connectivity index (χ1) is 7.29. The molecule has 2 aliphatic rings. The van der Waals surface area contributed by atoms with E-state index in [-0.39, 0.29) is 0 Å². The maximum Gasteiger partial charge on any atom is 0.112 e. The first-order valence-corrected chi connectivity index (χ1v) is 5.57. The number of rotatable bonds is 0. The predicted octanol–water partition coefficient (Wildman–Crippen LogP) is 2.97. The molecule has 0 radical (unpaired) electrons. The maximum atomic E-state index is 2.32. The standard InChI is InChI=1S/C13H16N2/c1-14-11-8-3-4-9-12(11)15(2)13(14)10-6-5-7-10/h3-4,8-9H,5-7H2,1-2H3. The molecule has 0 N–H and O–H groups in total. The molecule has 15 heavy (non-hydrogen) atoms. The number of para-hydroxylation sites is 2. The van der Waals surface area contributed by atoms with Gasteiger partial charge in [-0.3, -0.25) is 0 Å². The quantitative estimate of drug-likeness (QED) is 0.635. The van der Waals surface area contributed by atoms with Crippen LogP contribution in [0.1, 0.15) is 19.3 Å². The van der Waals surface area contributed by atoms with Gasteiger partial charge in [-0.1, -0.05) is 12.1 Å². The molecule has 0 aromatic heterocycles. The Morgan fingerprint density at radius 1 is 0.933 bits per heavy atom. The monoisotopic (exact) mass is 200 g/mol. The van der Waals surface area contributed by atoms with Crippen molar-refractivity contribution in [3.05, 3.63) is 35.7 Å². The van der Waals surface area contributed by atoms with Gasteiger partial charge >= 0.3 is 0 Å². The van der Waals surface area contributed by atoms with Crippen LogP contribution in [0.25, 0.3) is 0 Å². The molecule has 0 bridgehead atoms. The molecule has 1 fully saturated rings. The molecule has 1 aromatic carbocycles. The number of nitrogens with zero attached hydrogens (tertiary/aromatic N) is 2. The van der Waals surface area contributed by atoms with Gasteiger partial charge in [0.15, 0.2) is 0 Å². The number of benzene rings is 1. The fraction of sp³-hybridized carbons (Fsp3) is 0.385. The van der Waals surface area contributed by atoms with E-state index < -0.39 is 0 Å². The van der Waals surface area contributed by atoms with Crippen LogP contribution in [-0.4, -0.2) is 14.1 Å². The van der Waals surface area contributed by atoms with Crippen molar-refractivity contribution in [1.29, 1.82) is 0 Å². The van der Waals surface area contributed by atoms with Crippen LogP contribution in [0, 0.1) is 0 Å². The summed E-state index contributed by atoms with van der Waals surface area (Å²) in [6, 6.07) is 8.60. The topological polar surface area (TPSA) is 6.48 Å².